The predicted octanol–water partition coefficient (Wildman–Crippen LogP) is 5.12. The molecule has 1 N–H and O–H groups in total. The average molecular weight is 260 g/mol. The van der Waals surface area contributed by atoms with Crippen molar-refractivity contribution in [3.8, 4) is 0 Å². The molecule has 19 heavy (non-hydrogen) atoms. The first-order valence-corrected chi connectivity index (χ1v) is 7.03. The number of hydrogen-bond donors (Lipinski definition) is 1. The molecule has 1 aliphatic rings. The third kappa shape index (κ3) is 5.89. The molecule has 0 fully saturated rings. The van der Waals surface area contributed by atoms with E-state index in [2.05, 4.69) is 32.2 Å². The summed E-state index contributed by atoms with van der Waals surface area (Å²) in [7, 11) is 0. The highest BCUT2D eigenvalue weighted by molar-refractivity contribution is 5.50. The minimum atomic E-state index is -0.507. The van der Waals surface area contributed by atoms with E-state index in [9.17, 15) is 5.11 Å². The van der Waals surface area contributed by atoms with Gasteiger partial charge < -0.3 is 5.11 Å². The fourth-order valence-electron chi connectivity index (χ4n) is 1.90. The van der Waals surface area contributed by atoms with Crippen molar-refractivity contribution in [3.05, 3.63) is 59.3 Å². The molecule has 1 rings (SSSR count). The lowest BCUT2D eigenvalue weighted by molar-refractivity contribution is 0.234. The number of rotatable bonds is 4. The van der Waals surface area contributed by atoms with E-state index in [0.29, 0.717) is 0 Å². The Morgan fingerprint density at radius 1 is 1.26 bits per heavy atom. The van der Waals surface area contributed by atoms with Crippen LogP contribution in [0.3, 0.4) is 0 Å². The number of allylic oxidation sites excluding steroid dienone is 6. The molecular formula is C18H28O. The van der Waals surface area contributed by atoms with Crippen molar-refractivity contribution >= 4 is 0 Å². The summed E-state index contributed by atoms with van der Waals surface area (Å²) in [5, 5.41) is 9.80. The van der Waals surface area contributed by atoms with Crippen molar-refractivity contribution in [2.45, 2.75) is 53.6 Å². The maximum atomic E-state index is 9.80. The standard InChI is InChI=1S/C16H22O.C2H6/c1-11(2)10-16(14(5)17)13(4)15-8-6-12(3)7-9-15;1-2/h6,8,10,14,17H,1,4,7,9H2,2-3,5H3;1-2H3/b16-10+;. The first-order valence-electron chi connectivity index (χ1n) is 7.03. The topological polar surface area (TPSA) is 20.2 Å². The fourth-order valence-corrected chi connectivity index (χ4v) is 1.90. The van der Waals surface area contributed by atoms with Crippen LogP contribution in [0.15, 0.2) is 59.3 Å². The first kappa shape index (κ1) is 17.7. The summed E-state index contributed by atoms with van der Waals surface area (Å²) in [4.78, 5) is 0. The zero-order valence-corrected chi connectivity index (χ0v) is 13.1. The minimum Gasteiger partial charge on any atom is -0.389 e. The smallest absolute Gasteiger partial charge is 0.0767 e. The lowest BCUT2D eigenvalue weighted by Crippen LogP contribution is -2.09. The monoisotopic (exact) mass is 260 g/mol. The summed E-state index contributed by atoms with van der Waals surface area (Å²) in [6.07, 6.45) is 7.72. The van der Waals surface area contributed by atoms with E-state index in [1.165, 1.54) is 11.1 Å². The molecule has 0 saturated heterocycles. The van der Waals surface area contributed by atoms with E-state index in [1.54, 1.807) is 6.92 Å². The highest BCUT2D eigenvalue weighted by Crippen LogP contribution is 2.29. The molecule has 0 aromatic carbocycles. The van der Waals surface area contributed by atoms with Crippen LogP contribution in [0.5, 0.6) is 0 Å². The van der Waals surface area contributed by atoms with Gasteiger partial charge in [-0.15, -0.1) is 0 Å². The fraction of sp³-hybridized carbons (Fsp3) is 0.444. The number of hydrogen-bond acceptors (Lipinski definition) is 1. The van der Waals surface area contributed by atoms with Crippen LogP contribution in [0.4, 0.5) is 0 Å². The Bertz CT molecular complexity index is 417. The van der Waals surface area contributed by atoms with Crippen LogP contribution in [-0.2, 0) is 0 Å². The maximum absolute atomic E-state index is 9.80. The molecular weight excluding hydrogens is 232 g/mol. The third-order valence-corrected chi connectivity index (χ3v) is 2.95. The molecule has 1 unspecified atom stereocenters. The van der Waals surface area contributed by atoms with Crippen LogP contribution in [0.1, 0.15) is 47.5 Å². The van der Waals surface area contributed by atoms with E-state index >= 15 is 0 Å². The van der Waals surface area contributed by atoms with Gasteiger partial charge in [-0.2, -0.15) is 0 Å². The second-order valence-electron chi connectivity index (χ2n) is 4.81. The Hall–Kier alpha value is -1.34. The van der Waals surface area contributed by atoms with Crippen LogP contribution in [0.2, 0.25) is 0 Å². The van der Waals surface area contributed by atoms with Crippen molar-refractivity contribution in [3.63, 3.8) is 0 Å². The first-order chi connectivity index (χ1) is 8.91. The third-order valence-electron chi connectivity index (χ3n) is 2.95. The van der Waals surface area contributed by atoms with Crippen molar-refractivity contribution in [1.29, 1.82) is 0 Å². The highest BCUT2D eigenvalue weighted by atomic mass is 16.3. The van der Waals surface area contributed by atoms with E-state index in [-0.39, 0.29) is 0 Å². The minimum absolute atomic E-state index is 0.507. The molecule has 0 bridgehead atoms. The zero-order valence-electron chi connectivity index (χ0n) is 13.1. The summed E-state index contributed by atoms with van der Waals surface area (Å²) in [5.41, 5.74) is 5.35. The number of aliphatic hydroxyl groups is 1. The zero-order chi connectivity index (χ0) is 15.0. The summed E-state index contributed by atoms with van der Waals surface area (Å²) in [5.74, 6) is 0. The molecule has 1 atom stereocenters. The molecule has 1 aliphatic carbocycles. The van der Waals surface area contributed by atoms with Crippen LogP contribution in [0.25, 0.3) is 0 Å². The van der Waals surface area contributed by atoms with Gasteiger partial charge in [-0.3, -0.25) is 0 Å². The van der Waals surface area contributed by atoms with Crippen molar-refractivity contribution < 1.29 is 5.11 Å². The molecule has 0 aromatic heterocycles. The summed E-state index contributed by atoms with van der Waals surface area (Å²) in [6.45, 7) is 17.8. The van der Waals surface area contributed by atoms with Crippen LogP contribution < -0.4 is 0 Å². The van der Waals surface area contributed by atoms with Crippen LogP contribution in [-0.4, -0.2) is 11.2 Å². The lowest BCUT2D eigenvalue weighted by atomic mass is 9.88. The van der Waals surface area contributed by atoms with Gasteiger partial charge in [0, 0.05) is 0 Å². The molecule has 1 heteroatoms. The van der Waals surface area contributed by atoms with Gasteiger partial charge in [-0.25, -0.2) is 0 Å². The molecule has 0 amide bonds. The van der Waals surface area contributed by atoms with Gasteiger partial charge in [-0.1, -0.05) is 56.4 Å². The molecule has 0 spiro atoms. The molecule has 0 aromatic rings. The SMILES string of the molecule is C=C(C)/C=C(\C(=C)C1=CC=C(C)CC1)C(C)O.CC. The van der Waals surface area contributed by atoms with E-state index in [1.807, 2.05) is 26.8 Å². The van der Waals surface area contributed by atoms with Crippen LogP contribution >= 0.6 is 0 Å². The Morgan fingerprint density at radius 3 is 2.21 bits per heavy atom. The van der Waals surface area contributed by atoms with Gasteiger partial charge >= 0.3 is 0 Å². The number of aliphatic hydroxyl groups excluding tert-OH is 1. The predicted molar refractivity (Wildman–Crippen MR) is 86.1 cm³/mol. The molecule has 0 radical (unpaired) electrons. The Morgan fingerprint density at radius 2 is 1.84 bits per heavy atom. The van der Waals surface area contributed by atoms with Gasteiger partial charge in [0.25, 0.3) is 0 Å². The lowest BCUT2D eigenvalue weighted by Gasteiger charge is -2.19. The second kappa shape index (κ2) is 8.71. The molecule has 1 nitrogen and oxygen atoms in total. The average Bonchev–Trinajstić information content (AvgIpc) is 2.38. The van der Waals surface area contributed by atoms with Crippen LogP contribution in [0, 0.1) is 0 Å². The van der Waals surface area contributed by atoms with Crippen molar-refractivity contribution in [2.75, 3.05) is 0 Å². The normalized spacial score (nSPS) is 16.6. The summed E-state index contributed by atoms with van der Waals surface area (Å²) >= 11 is 0. The van der Waals surface area contributed by atoms with E-state index in [4.69, 9.17) is 0 Å². The Balaban J connectivity index is 0.00000154. The largest absolute Gasteiger partial charge is 0.389 e. The molecule has 106 valence electrons. The van der Waals surface area contributed by atoms with Gasteiger partial charge in [0.2, 0.25) is 0 Å². The Labute approximate surface area is 118 Å². The highest BCUT2D eigenvalue weighted by Gasteiger charge is 2.14. The maximum Gasteiger partial charge on any atom is 0.0767 e. The molecule has 0 saturated carbocycles. The van der Waals surface area contributed by atoms with Gasteiger partial charge in [0.05, 0.1) is 6.10 Å². The summed E-state index contributed by atoms with van der Waals surface area (Å²) in [6, 6.07) is 0. The van der Waals surface area contributed by atoms with Crippen molar-refractivity contribution in [2.24, 2.45) is 0 Å². The van der Waals surface area contributed by atoms with Gasteiger partial charge in [0.1, 0.15) is 0 Å². The van der Waals surface area contributed by atoms with Gasteiger partial charge in [-0.05, 0) is 50.3 Å². The second-order valence-corrected chi connectivity index (χ2v) is 4.81. The quantitative estimate of drug-likeness (QED) is 0.696. The van der Waals surface area contributed by atoms with Gasteiger partial charge in [0.15, 0.2) is 0 Å². The van der Waals surface area contributed by atoms with E-state index in [0.717, 1.165) is 29.6 Å². The van der Waals surface area contributed by atoms with Crippen molar-refractivity contribution in [1.82, 2.24) is 0 Å². The Kier molecular flexibility index (Phi) is 8.09. The summed E-state index contributed by atoms with van der Waals surface area (Å²) < 4.78 is 0. The molecule has 0 aliphatic heterocycles. The molecule has 0 heterocycles. The van der Waals surface area contributed by atoms with E-state index < -0.39 is 6.10 Å².